The highest BCUT2D eigenvalue weighted by Gasteiger charge is 2.24. The number of carbonyl (C=O) groups is 2. The van der Waals surface area contributed by atoms with Crippen molar-refractivity contribution < 1.29 is 18.4 Å². The predicted molar refractivity (Wildman–Crippen MR) is 111 cm³/mol. The van der Waals surface area contributed by atoms with E-state index in [-0.39, 0.29) is 11.9 Å². The molecule has 0 atom stereocenters. The number of benzene rings is 2. The lowest BCUT2D eigenvalue weighted by molar-refractivity contribution is 0.102. The summed E-state index contributed by atoms with van der Waals surface area (Å²) in [5.74, 6) is -2.12. The number of aromatic nitrogens is 1. The molecule has 1 aliphatic heterocycles. The van der Waals surface area contributed by atoms with Gasteiger partial charge in [-0.2, -0.15) is 0 Å². The summed E-state index contributed by atoms with van der Waals surface area (Å²) in [6.07, 6.45) is 1.97. The lowest BCUT2D eigenvalue weighted by atomic mass is 10.1. The maximum Gasteiger partial charge on any atom is 0.322 e. The number of nitrogens with one attached hydrogen (secondary N) is 2. The van der Waals surface area contributed by atoms with Crippen LogP contribution < -0.4 is 15.5 Å². The van der Waals surface area contributed by atoms with Crippen molar-refractivity contribution in [3.05, 3.63) is 75.8 Å². The molecule has 30 heavy (non-hydrogen) atoms. The van der Waals surface area contributed by atoms with Gasteiger partial charge in [-0.1, -0.05) is 12.1 Å². The molecule has 1 saturated heterocycles. The molecule has 0 aliphatic carbocycles. The number of nitrogens with zero attached hydrogens (tertiary/aromatic N) is 2. The number of hydrogen-bond acceptors (Lipinski definition) is 4. The Kier molecular flexibility index (Phi) is 5.45. The van der Waals surface area contributed by atoms with Crippen molar-refractivity contribution in [3.63, 3.8) is 0 Å². The highest BCUT2D eigenvalue weighted by atomic mass is 32.1. The summed E-state index contributed by atoms with van der Waals surface area (Å²) < 4.78 is 26.5. The number of thiazole rings is 1. The third kappa shape index (κ3) is 4.02. The second-order valence-corrected chi connectivity index (χ2v) is 7.96. The number of anilines is 2. The zero-order chi connectivity index (χ0) is 21.3. The van der Waals surface area contributed by atoms with Gasteiger partial charge in [-0.15, -0.1) is 11.3 Å². The SMILES string of the molecule is Cc1c(C(=O)Nc2ncc(Cc3ccc(F)c(F)c3)s2)cccc1N1CCNC1=O. The van der Waals surface area contributed by atoms with Gasteiger partial charge in [-0.05, 0) is 42.3 Å². The van der Waals surface area contributed by atoms with E-state index in [1.807, 2.05) is 0 Å². The van der Waals surface area contributed by atoms with Crippen molar-refractivity contribution in [1.82, 2.24) is 10.3 Å². The topological polar surface area (TPSA) is 74.3 Å². The van der Waals surface area contributed by atoms with Gasteiger partial charge in [0.1, 0.15) is 0 Å². The Morgan fingerprint density at radius 1 is 1.27 bits per heavy atom. The second-order valence-electron chi connectivity index (χ2n) is 6.84. The van der Waals surface area contributed by atoms with Crippen LogP contribution in [0.15, 0.2) is 42.6 Å². The molecule has 0 radical (unpaired) electrons. The van der Waals surface area contributed by atoms with Gasteiger partial charge in [-0.25, -0.2) is 18.6 Å². The van der Waals surface area contributed by atoms with Crippen LogP contribution in [0.5, 0.6) is 0 Å². The van der Waals surface area contributed by atoms with Crippen molar-refractivity contribution in [2.24, 2.45) is 0 Å². The third-order valence-corrected chi connectivity index (χ3v) is 5.75. The van der Waals surface area contributed by atoms with Gasteiger partial charge >= 0.3 is 6.03 Å². The summed E-state index contributed by atoms with van der Waals surface area (Å²) >= 11 is 1.26. The number of hydrogen-bond donors (Lipinski definition) is 2. The Hall–Kier alpha value is -3.33. The lowest BCUT2D eigenvalue weighted by Crippen LogP contribution is -2.29. The van der Waals surface area contributed by atoms with Gasteiger partial charge in [0.05, 0.1) is 0 Å². The first kappa shape index (κ1) is 20.0. The van der Waals surface area contributed by atoms with Crippen molar-refractivity contribution in [2.75, 3.05) is 23.3 Å². The molecule has 154 valence electrons. The van der Waals surface area contributed by atoms with E-state index in [0.29, 0.717) is 47.0 Å². The molecule has 2 aromatic carbocycles. The normalized spacial score (nSPS) is 13.4. The average Bonchev–Trinajstić information content (AvgIpc) is 3.33. The Balaban J connectivity index is 1.48. The van der Waals surface area contributed by atoms with Gasteiger partial charge in [0.15, 0.2) is 16.8 Å². The van der Waals surface area contributed by atoms with E-state index in [4.69, 9.17) is 0 Å². The summed E-state index contributed by atoms with van der Waals surface area (Å²) in [5, 5.41) is 5.92. The summed E-state index contributed by atoms with van der Waals surface area (Å²) in [6, 6.07) is 8.80. The van der Waals surface area contributed by atoms with Crippen LogP contribution in [-0.4, -0.2) is 30.0 Å². The molecule has 4 rings (SSSR count). The Bertz CT molecular complexity index is 1130. The Morgan fingerprint density at radius 2 is 2.10 bits per heavy atom. The largest absolute Gasteiger partial charge is 0.336 e. The number of amides is 3. The summed E-state index contributed by atoms with van der Waals surface area (Å²) in [6.45, 7) is 2.91. The van der Waals surface area contributed by atoms with Crippen LogP contribution in [-0.2, 0) is 6.42 Å². The monoisotopic (exact) mass is 428 g/mol. The first-order chi connectivity index (χ1) is 14.4. The molecule has 6 nitrogen and oxygen atoms in total. The van der Waals surface area contributed by atoms with Crippen LogP contribution >= 0.6 is 11.3 Å². The second kappa shape index (κ2) is 8.19. The maximum atomic E-state index is 13.4. The van der Waals surface area contributed by atoms with E-state index < -0.39 is 11.6 Å². The Labute approximate surface area is 175 Å². The highest BCUT2D eigenvalue weighted by Crippen LogP contribution is 2.27. The molecule has 0 unspecified atom stereocenters. The third-order valence-electron chi connectivity index (χ3n) is 4.83. The number of rotatable bonds is 5. The van der Waals surface area contributed by atoms with E-state index in [1.54, 1.807) is 36.2 Å². The zero-order valence-corrected chi connectivity index (χ0v) is 16.9. The Morgan fingerprint density at radius 3 is 2.83 bits per heavy atom. The van der Waals surface area contributed by atoms with Crippen molar-refractivity contribution in [1.29, 1.82) is 0 Å². The van der Waals surface area contributed by atoms with E-state index in [2.05, 4.69) is 15.6 Å². The highest BCUT2D eigenvalue weighted by molar-refractivity contribution is 7.15. The zero-order valence-electron chi connectivity index (χ0n) is 16.0. The lowest BCUT2D eigenvalue weighted by Gasteiger charge is -2.18. The van der Waals surface area contributed by atoms with Crippen LogP contribution in [0.2, 0.25) is 0 Å². The first-order valence-corrected chi connectivity index (χ1v) is 10.1. The van der Waals surface area contributed by atoms with Crippen molar-refractivity contribution in [2.45, 2.75) is 13.3 Å². The fourth-order valence-corrected chi connectivity index (χ4v) is 4.17. The van der Waals surface area contributed by atoms with Gasteiger partial charge < -0.3 is 5.32 Å². The molecule has 1 aliphatic rings. The van der Waals surface area contributed by atoms with E-state index in [1.165, 1.54) is 17.4 Å². The quantitative estimate of drug-likeness (QED) is 0.643. The van der Waals surface area contributed by atoms with Gasteiger partial charge in [-0.3, -0.25) is 15.0 Å². The molecular weight excluding hydrogens is 410 g/mol. The van der Waals surface area contributed by atoms with Crippen molar-refractivity contribution in [3.8, 4) is 0 Å². The van der Waals surface area contributed by atoms with Gasteiger partial charge in [0.2, 0.25) is 0 Å². The molecule has 2 heterocycles. The molecule has 0 bridgehead atoms. The number of urea groups is 1. The van der Waals surface area contributed by atoms with Gasteiger partial charge in [0, 0.05) is 41.8 Å². The predicted octanol–water partition coefficient (Wildman–Crippen LogP) is 4.10. The maximum absolute atomic E-state index is 13.4. The van der Waals surface area contributed by atoms with E-state index >= 15 is 0 Å². The molecule has 0 spiro atoms. The molecule has 0 saturated carbocycles. The summed E-state index contributed by atoms with van der Waals surface area (Å²) in [5.41, 5.74) is 2.45. The summed E-state index contributed by atoms with van der Waals surface area (Å²) in [4.78, 5) is 31.3. The smallest absolute Gasteiger partial charge is 0.322 e. The number of halogens is 2. The van der Waals surface area contributed by atoms with Crippen LogP contribution in [0.25, 0.3) is 0 Å². The van der Waals surface area contributed by atoms with Crippen molar-refractivity contribution >= 4 is 34.1 Å². The number of carbonyl (C=O) groups excluding carboxylic acids is 2. The molecule has 1 fully saturated rings. The molecule has 3 amide bonds. The standard InChI is InChI=1S/C21H18F2N4O2S/c1-12-15(3-2-4-18(12)27-8-7-24-21(27)29)19(28)26-20-25-11-14(30-20)9-13-5-6-16(22)17(23)10-13/h2-6,10-11H,7-9H2,1H3,(H,24,29)(H,25,26,28). The summed E-state index contributed by atoms with van der Waals surface area (Å²) in [7, 11) is 0. The molecule has 1 aromatic heterocycles. The minimum atomic E-state index is -0.896. The molecule has 9 heteroatoms. The first-order valence-electron chi connectivity index (χ1n) is 9.27. The molecular formula is C21H18F2N4O2S. The van der Waals surface area contributed by atoms with Crippen LogP contribution in [0, 0.1) is 18.6 Å². The fraction of sp³-hybridized carbons (Fsp3) is 0.190. The fourth-order valence-electron chi connectivity index (χ4n) is 3.33. The minimum Gasteiger partial charge on any atom is -0.336 e. The van der Waals surface area contributed by atoms with E-state index in [9.17, 15) is 18.4 Å². The van der Waals surface area contributed by atoms with Crippen LogP contribution in [0.3, 0.4) is 0 Å². The van der Waals surface area contributed by atoms with Crippen LogP contribution in [0.1, 0.15) is 26.4 Å². The molecule has 2 N–H and O–H groups in total. The molecule has 3 aromatic rings. The average molecular weight is 428 g/mol. The van der Waals surface area contributed by atoms with Crippen LogP contribution in [0.4, 0.5) is 24.4 Å². The van der Waals surface area contributed by atoms with E-state index in [0.717, 1.165) is 17.0 Å². The van der Waals surface area contributed by atoms with Gasteiger partial charge in [0.25, 0.3) is 5.91 Å². The minimum absolute atomic E-state index is 0.183.